The Morgan fingerprint density at radius 3 is 2.67 bits per heavy atom. The molecule has 2 aromatic carbocycles. The van der Waals surface area contributed by atoms with E-state index in [-0.39, 0.29) is 5.91 Å². The molecule has 2 heterocycles. The number of carbonyl (C=O) groups is 1. The van der Waals surface area contributed by atoms with E-state index in [9.17, 15) is 4.79 Å². The van der Waals surface area contributed by atoms with Crippen molar-refractivity contribution in [2.75, 3.05) is 44.2 Å². The van der Waals surface area contributed by atoms with Gasteiger partial charge in [-0.3, -0.25) is 9.69 Å². The first kappa shape index (κ1) is 20.6. The molecule has 1 N–H and O–H groups in total. The smallest absolute Gasteiger partial charge is 0.244 e. The minimum atomic E-state index is -0.0429. The zero-order chi connectivity index (χ0) is 20.8. The highest BCUT2D eigenvalue weighted by Gasteiger charge is 2.20. The normalized spacial score (nSPS) is 15.2. The van der Waals surface area contributed by atoms with Gasteiger partial charge in [-0.15, -0.1) is 0 Å². The predicted molar refractivity (Wildman–Crippen MR) is 126 cm³/mol. The maximum atomic E-state index is 12.0. The second-order valence-corrected chi connectivity index (χ2v) is 8.49. The lowest BCUT2D eigenvalue weighted by atomic mass is 10.1. The number of para-hydroxylation sites is 1. The summed E-state index contributed by atoms with van der Waals surface area (Å²) in [6, 6.07) is 16.3. The number of nitrogens with one attached hydrogen (secondary N) is 1. The van der Waals surface area contributed by atoms with Crippen LogP contribution in [0.5, 0.6) is 0 Å². The lowest BCUT2D eigenvalue weighted by Crippen LogP contribution is -2.48. The molecule has 1 saturated heterocycles. The molecule has 4 rings (SSSR count). The van der Waals surface area contributed by atoms with Crippen molar-refractivity contribution in [3.05, 3.63) is 65.7 Å². The zero-order valence-electron chi connectivity index (χ0n) is 17.4. The SMILES string of the molecule is CCc1cccc2sc(N3CCN(CCNC(=O)/C=C/c4ccccc4)CC3)nc12. The van der Waals surface area contributed by atoms with Crippen LogP contribution in [0.4, 0.5) is 5.13 Å². The number of fused-ring (bicyclic) bond motifs is 1. The third-order valence-electron chi connectivity index (χ3n) is 5.47. The maximum Gasteiger partial charge on any atom is 0.244 e. The number of carbonyl (C=O) groups excluding carboxylic acids is 1. The van der Waals surface area contributed by atoms with E-state index in [4.69, 9.17) is 4.98 Å². The molecule has 0 unspecified atom stereocenters. The molecule has 5 nitrogen and oxygen atoms in total. The molecule has 30 heavy (non-hydrogen) atoms. The summed E-state index contributed by atoms with van der Waals surface area (Å²) in [6.07, 6.45) is 4.46. The van der Waals surface area contributed by atoms with E-state index in [1.165, 1.54) is 10.3 Å². The summed E-state index contributed by atoms with van der Waals surface area (Å²) < 4.78 is 1.28. The average molecular weight is 421 g/mol. The average Bonchev–Trinajstić information content (AvgIpc) is 3.23. The van der Waals surface area contributed by atoms with E-state index in [0.717, 1.165) is 55.4 Å². The van der Waals surface area contributed by atoms with Crippen molar-refractivity contribution in [2.45, 2.75) is 13.3 Å². The summed E-state index contributed by atoms with van der Waals surface area (Å²) in [5.74, 6) is -0.0429. The molecule has 0 radical (unpaired) electrons. The van der Waals surface area contributed by atoms with Gasteiger partial charge in [0.15, 0.2) is 5.13 Å². The van der Waals surface area contributed by atoms with Crippen molar-refractivity contribution in [2.24, 2.45) is 0 Å². The lowest BCUT2D eigenvalue weighted by molar-refractivity contribution is -0.116. The Morgan fingerprint density at radius 1 is 1.10 bits per heavy atom. The van der Waals surface area contributed by atoms with Crippen LogP contribution in [-0.2, 0) is 11.2 Å². The Bertz CT molecular complexity index is 1010. The number of rotatable bonds is 7. The Hall–Kier alpha value is -2.70. The van der Waals surface area contributed by atoms with Crippen molar-refractivity contribution in [3.8, 4) is 0 Å². The van der Waals surface area contributed by atoms with Crippen LogP contribution < -0.4 is 10.2 Å². The number of hydrogen-bond donors (Lipinski definition) is 1. The van der Waals surface area contributed by atoms with E-state index >= 15 is 0 Å². The summed E-state index contributed by atoms with van der Waals surface area (Å²) in [5, 5.41) is 4.11. The second-order valence-electron chi connectivity index (χ2n) is 7.48. The van der Waals surface area contributed by atoms with Crippen LogP contribution in [-0.4, -0.2) is 55.1 Å². The molecule has 6 heteroatoms. The molecular weight excluding hydrogens is 392 g/mol. The predicted octanol–water partition coefficient (Wildman–Crippen LogP) is 3.81. The topological polar surface area (TPSA) is 48.5 Å². The van der Waals surface area contributed by atoms with Crippen LogP contribution in [0, 0.1) is 0 Å². The molecular formula is C24H28N4OS. The molecule has 1 aliphatic heterocycles. The van der Waals surface area contributed by atoms with Gasteiger partial charge in [0.25, 0.3) is 0 Å². The quantitative estimate of drug-likeness (QED) is 0.591. The highest BCUT2D eigenvalue weighted by atomic mass is 32.1. The van der Waals surface area contributed by atoms with Crippen LogP contribution in [0.1, 0.15) is 18.1 Å². The van der Waals surface area contributed by atoms with Crippen LogP contribution in [0.15, 0.2) is 54.6 Å². The molecule has 1 aliphatic rings. The number of hydrogen-bond acceptors (Lipinski definition) is 5. The van der Waals surface area contributed by atoms with Gasteiger partial charge in [0.2, 0.25) is 5.91 Å². The molecule has 0 atom stereocenters. The Balaban J connectivity index is 1.22. The Labute approximate surface area is 182 Å². The second kappa shape index (κ2) is 9.87. The minimum absolute atomic E-state index is 0.0429. The standard InChI is InChI=1S/C24H28N4OS/c1-2-20-9-6-10-21-23(20)26-24(30-21)28-17-15-27(16-18-28)14-13-25-22(29)12-11-19-7-4-3-5-8-19/h3-12H,2,13-18H2,1H3,(H,25,29)/b12-11+. The highest BCUT2D eigenvalue weighted by Crippen LogP contribution is 2.31. The maximum absolute atomic E-state index is 12.0. The summed E-state index contributed by atoms with van der Waals surface area (Å²) in [6.45, 7) is 7.66. The fraction of sp³-hybridized carbons (Fsp3) is 0.333. The monoisotopic (exact) mass is 420 g/mol. The third-order valence-corrected chi connectivity index (χ3v) is 6.55. The minimum Gasteiger partial charge on any atom is -0.351 e. The molecule has 1 aromatic heterocycles. The fourth-order valence-corrected chi connectivity index (χ4v) is 4.77. The third kappa shape index (κ3) is 5.07. The molecule has 3 aromatic rings. The molecule has 0 aliphatic carbocycles. The molecule has 156 valence electrons. The van der Waals surface area contributed by atoms with E-state index < -0.39 is 0 Å². The molecule has 0 bridgehead atoms. The number of thiazole rings is 1. The Kier molecular flexibility index (Phi) is 6.77. The van der Waals surface area contributed by atoms with Crippen molar-refractivity contribution >= 4 is 38.7 Å². The number of aryl methyl sites for hydroxylation is 1. The number of nitrogens with zero attached hydrogens (tertiary/aromatic N) is 3. The van der Waals surface area contributed by atoms with Crippen molar-refractivity contribution in [3.63, 3.8) is 0 Å². The molecule has 0 saturated carbocycles. The van der Waals surface area contributed by atoms with E-state index in [0.29, 0.717) is 6.54 Å². The number of aromatic nitrogens is 1. The van der Waals surface area contributed by atoms with Crippen molar-refractivity contribution in [1.29, 1.82) is 0 Å². The van der Waals surface area contributed by atoms with E-state index in [1.54, 1.807) is 17.4 Å². The van der Waals surface area contributed by atoms with Crippen LogP contribution in [0.3, 0.4) is 0 Å². The van der Waals surface area contributed by atoms with Crippen LogP contribution >= 0.6 is 11.3 Å². The van der Waals surface area contributed by atoms with Gasteiger partial charge < -0.3 is 10.2 Å². The fourth-order valence-electron chi connectivity index (χ4n) is 3.71. The molecule has 0 spiro atoms. The van der Waals surface area contributed by atoms with Crippen LogP contribution in [0.25, 0.3) is 16.3 Å². The first-order valence-electron chi connectivity index (χ1n) is 10.6. The highest BCUT2D eigenvalue weighted by molar-refractivity contribution is 7.22. The van der Waals surface area contributed by atoms with Gasteiger partial charge in [-0.2, -0.15) is 0 Å². The molecule has 1 fully saturated rings. The van der Waals surface area contributed by atoms with Gasteiger partial charge in [0, 0.05) is 45.3 Å². The van der Waals surface area contributed by atoms with E-state index in [2.05, 4.69) is 40.2 Å². The van der Waals surface area contributed by atoms with Gasteiger partial charge in [-0.1, -0.05) is 60.7 Å². The summed E-state index contributed by atoms with van der Waals surface area (Å²) >= 11 is 1.79. The number of benzene rings is 2. The zero-order valence-corrected chi connectivity index (χ0v) is 18.2. The first-order chi connectivity index (χ1) is 14.7. The van der Waals surface area contributed by atoms with Crippen molar-refractivity contribution in [1.82, 2.24) is 15.2 Å². The number of amides is 1. The Morgan fingerprint density at radius 2 is 1.90 bits per heavy atom. The van der Waals surface area contributed by atoms with Gasteiger partial charge in [0.05, 0.1) is 10.2 Å². The first-order valence-corrected chi connectivity index (χ1v) is 11.4. The van der Waals surface area contributed by atoms with Crippen LogP contribution in [0.2, 0.25) is 0 Å². The summed E-state index contributed by atoms with van der Waals surface area (Å²) in [7, 11) is 0. The molecule has 1 amide bonds. The lowest BCUT2D eigenvalue weighted by Gasteiger charge is -2.34. The largest absolute Gasteiger partial charge is 0.351 e. The van der Waals surface area contributed by atoms with Gasteiger partial charge in [-0.25, -0.2) is 4.98 Å². The van der Waals surface area contributed by atoms with Crippen molar-refractivity contribution < 1.29 is 4.79 Å². The summed E-state index contributed by atoms with van der Waals surface area (Å²) in [4.78, 5) is 21.7. The van der Waals surface area contributed by atoms with Gasteiger partial charge in [-0.05, 0) is 29.7 Å². The van der Waals surface area contributed by atoms with Gasteiger partial charge in [0.1, 0.15) is 0 Å². The van der Waals surface area contributed by atoms with E-state index in [1.807, 2.05) is 36.4 Å². The van der Waals surface area contributed by atoms with Gasteiger partial charge >= 0.3 is 0 Å². The number of anilines is 1. The summed E-state index contributed by atoms with van der Waals surface area (Å²) in [5.41, 5.74) is 3.52. The number of piperazine rings is 1.